The highest BCUT2D eigenvalue weighted by Gasteiger charge is 2.37. The monoisotopic (exact) mass is 486 g/mol. The summed E-state index contributed by atoms with van der Waals surface area (Å²) < 4.78 is 41.5. The van der Waals surface area contributed by atoms with Crippen LogP contribution >= 0.6 is 11.3 Å². The number of alkyl halides is 3. The molecule has 0 aliphatic rings. The first-order valence-corrected chi connectivity index (χ1v) is 10.4. The second-order valence-electron chi connectivity index (χ2n) is 6.72. The molecule has 2 aromatic carbocycles. The van der Waals surface area contributed by atoms with E-state index in [0.717, 1.165) is 23.6 Å². The summed E-state index contributed by atoms with van der Waals surface area (Å²) in [6.45, 7) is 0. The van der Waals surface area contributed by atoms with Crippen LogP contribution < -0.4 is 5.43 Å². The molecule has 172 valence electrons. The highest BCUT2D eigenvalue weighted by molar-refractivity contribution is 7.12. The van der Waals surface area contributed by atoms with Crippen LogP contribution in [0, 0.1) is 10.1 Å². The molecule has 0 bridgehead atoms. The summed E-state index contributed by atoms with van der Waals surface area (Å²) in [6, 6.07) is 15.0. The molecule has 4 aromatic rings. The number of nitro groups is 1. The van der Waals surface area contributed by atoms with Crippen molar-refractivity contribution in [2.24, 2.45) is 5.10 Å². The zero-order chi connectivity index (χ0) is 24.3. The van der Waals surface area contributed by atoms with Crippen molar-refractivity contribution in [3.05, 3.63) is 93.1 Å². The van der Waals surface area contributed by atoms with E-state index in [1.807, 2.05) is 0 Å². The molecular formula is C21H13F3N6O3S. The Balaban J connectivity index is 1.57. The number of benzene rings is 2. The van der Waals surface area contributed by atoms with Gasteiger partial charge in [-0.3, -0.25) is 14.9 Å². The third-order valence-corrected chi connectivity index (χ3v) is 5.29. The van der Waals surface area contributed by atoms with Gasteiger partial charge in [-0.1, -0.05) is 42.5 Å². The molecule has 1 N–H and O–H groups in total. The molecular weight excluding hydrogens is 473 g/mol. The van der Waals surface area contributed by atoms with Crippen LogP contribution in [0.3, 0.4) is 0 Å². The number of nitrogens with zero attached hydrogens (tertiary/aromatic N) is 5. The summed E-state index contributed by atoms with van der Waals surface area (Å²) in [5.41, 5.74) is 1.47. The molecule has 1 amide bonds. The number of rotatable bonds is 6. The maximum absolute atomic E-state index is 13.6. The first kappa shape index (κ1) is 22.8. The number of para-hydroxylation sites is 1. The first-order valence-electron chi connectivity index (χ1n) is 9.49. The molecule has 13 heteroatoms. The predicted molar refractivity (Wildman–Crippen MR) is 118 cm³/mol. The summed E-state index contributed by atoms with van der Waals surface area (Å²) >= 11 is 0.793. The number of aromatic nitrogens is 3. The Labute approximate surface area is 193 Å². The Morgan fingerprint density at radius 3 is 2.56 bits per heavy atom. The molecule has 9 nitrogen and oxygen atoms in total. The Morgan fingerprint density at radius 1 is 1.15 bits per heavy atom. The third-order valence-electron chi connectivity index (χ3n) is 4.48. The van der Waals surface area contributed by atoms with E-state index in [-0.39, 0.29) is 27.8 Å². The van der Waals surface area contributed by atoms with Crippen LogP contribution in [0.2, 0.25) is 0 Å². The van der Waals surface area contributed by atoms with E-state index in [4.69, 9.17) is 0 Å². The minimum absolute atomic E-state index is 0.100. The fourth-order valence-corrected chi connectivity index (χ4v) is 3.69. The number of nitro benzene ring substituents is 1. The number of hydrazone groups is 1. The molecule has 0 unspecified atom stereocenters. The van der Waals surface area contributed by atoms with Crippen LogP contribution in [-0.2, 0) is 6.18 Å². The molecule has 0 radical (unpaired) electrons. The average molecular weight is 486 g/mol. The van der Waals surface area contributed by atoms with Gasteiger partial charge in [-0.25, -0.2) is 15.1 Å². The van der Waals surface area contributed by atoms with Gasteiger partial charge in [-0.15, -0.1) is 11.3 Å². The zero-order valence-corrected chi connectivity index (χ0v) is 17.7. The molecule has 2 aromatic heterocycles. The molecule has 0 saturated carbocycles. The van der Waals surface area contributed by atoms with Gasteiger partial charge in [0.05, 0.1) is 22.4 Å². The fraction of sp³-hybridized carbons (Fsp3) is 0.0476. The van der Waals surface area contributed by atoms with Crippen molar-refractivity contribution in [1.82, 2.24) is 20.2 Å². The summed E-state index contributed by atoms with van der Waals surface area (Å²) in [4.78, 5) is 26.7. The molecule has 4 rings (SSSR count). The standard InChI is InChI=1S/C21H13F3N6O3S/c22-21(23,24)18-10-15(13-6-2-1-3-7-13)28-29(18)20-26-16(12-34-20)19(31)27-25-11-14-8-4-5-9-17(14)30(32)33/h1-12H,(H,27,31)/b25-11+. The topological polar surface area (TPSA) is 115 Å². The minimum atomic E-state index is -4.71. The number of amides is 1. The van der Waals surface area contributed by atoms with E-state index in [1.165, 1.54) is 23.6 Å². The molecule has 0 saturated heterocycles. The summed E-state index contributed by atoms with van der Waals surface area (Å²) in [5.74, 6) is -0.804. The summed E-state index contributed by atoms with van der Waals surface area (Å²) in [5, 5.41) is 19.8. The third kappa shape index (κ3) is 4.83. The SMILES string of the molecule is O=C(N/N=C/c1ccccc1[N+](=O)[O-])c1csc(-n2nc(-c3ccccc3)cc2C(F)(F)F)n1. The van der Waals surface area contributed by atoms with Crippen molar-refractivity contribution in [3.8, 4) is 16.4 Å². The van der Waals surface area contributed by atoms with Crippen LogP contribution in [0.4, 0.5) is 18.9 Å². The van der Waals surface area contributed by atoms with Gasteiger partial charge >= 0.3 is 6.18 Å². The van der Waals surface area contributed by atoms with Crippen molar-refractivity contribution in [1.29, 1.82) is 0 Å². The van der Waals surface area contributed by atoms with Crippen LogP contribution in [0.25, 0.3) is 16.4 Å². The second kappa shape index (κ2) is 9.23. The van der Waals surface area contributed by atoms with Gasteiger partial charge in [0.1, 0.15) is 5.69 Å². The lowest BCUT2D eigenvalue weighted by atomic mass is 10.1. The Hall–Kier alpha value is -4.39. The molecule has 0 spiro atoms. The summed E-state index contributed by atoms with van der Waals surface area (Å²) in [6.07, 6.45) is -3.62. The number of halogens is 3. The maximum Gasteiger partial charge on any atom is 0.433 e. The normalized spacial score (nSPS) is 11.6. The minimum Gasteiger partial charge on any atom is -0.266 e. The smallest absolute Gasteiger partial charge is 0.266 e. The number of carbonyl (C=O) groups is 1. The Bertz CT molecular complexity index is 1380. The Morgan fingerprint density at radius 2 is 1.85 bits per heavy atom. The van der Waals surface area contributed by atoms with E-state index in [2.05, 4.69) is 20.6 Å². The molecule has 2 heterocycles. The van der Waals surface area contributed by atoms with Crippen molar-refractivity contribution in [2.75, 3.05) is 0 Å². The molecule has 0 fully saturated rings. The van der Waals surface area contributed by atoms with Crippen molar-refractivity contribution < 1.29 is 22.9 Å². The van der Waals surface area contributed by atoms with Crippen LogP contribution in [0.15, 0.2) is 71.1 Å². The van der Waals surface area contributed by atoms with Gasteiger partial charge in [0.15, 0.2) is 5.69 Å². The van der Waals surface area contributed by atoms with E-state index in [1.54, 1.807) is 36.4 Å². The van der Waals surface area contributed by atoms with Gasteiger partial charge in [-0.05, 0) is 12.1 Å². The number of hydrogen-bond donors (Lipinski definition) is 1. The van der Waals surface area contributed by atoms with E-state index >= 15 is 0 Å². The summed E-state index contributed by atoms with van der Waals surface area (Å²) in [7, 11) is 0. The first-order chi connectivity index (χ1) is 16.2. The van der Waals surface area contributed by atoms with Gasteiger partial charge in [-0.2, -0.15) is 23.4 Å². The molecule has 0 aliphatic carbocycles. The molecule has 0 atom stereocenters. The molecule has 34 heavy (non-hydrogen) atoms. The zero-order valence-electron chi connectivity index (χ0n) is 16.9. The highest BCUT2D eigenvalue weighted by atomic mass is 32.1. The molecule has 0 aliphatic heterocycles. The van der Waals surface area contributed by atoms with Crippen LogP contribution in [0.1, 0.15) is 21.7 Å². The lowest BCUT2D eigenvalue weighted by Crippen LogP contribution is -2.18. The largest absolute Gasteiger partial charge is 0.433 e. The van der Waals surface area contributed by atoms with Crippen molar-refractivity contribution in [2.45, 2.75) is 6.18 Å². The van der Waals surface area contributed by atoms with E-state index in [0.29, 0.717) is 10.2 Å². The van der Waals surface area contributed by atoms with Gasteiger partial charge < -0.3 is 0 Å². The van der Waals surface area contributed by atoms with E-state index < -0.39 is 22.7 Å². The van der Waals surface area contributed by atoms with E-state index in [9.17, 15) is 28.1 Å². The highest BCUT2D eigenvalue weighted by Crippen LogP contribution is 2.34. The van der Waals surface area contributed by atoms with Crippen LogP contribution in [-0.4, -0.2) is 31.8 Å². The maximum atomic E-state index is 13.6. The lowest BCUT2D eigenvalue weighted by molar-refractivity contribution is -0.385. The quantitative estimate of drug-likeness (QED) is 0.241. The Kier molecular flexibility index (Phi) is 6.19. The van der Waals surface area contributed by atoms with Crippen LogP contribution in [0.5, 0.6) is 0 Å². The van der Waals surface area contributed by atoms with Gasteiger partial charge in [0, 0.05) is 17.0 Å². The van der Waals surface area contributed by atoms with Crippen molar-refractivity contribution >= 4 is 29.1 Å². The number of carbonyl (C=O) groups excluding carboxylic acids is 1. The average Bonchev–Trinajstić information content (AvgIpc) is 3.47. The van der Waals surface area contributed by atoms with Gasteiger partial charge in [0.25, 0.3) is 11.6 Å². The second-order valence-corrected chi connectivity index (χ2v) is 7.56. The number of thiazole rings is 1. The lowest BCUT2D eigenvalue weighted by Gasteiger charge is -2.06. The fourth-order valence-electron chi connectivity index (χ4n) is 2.93. The predicted octanol–water partition coefficient (Wildman–Crippen LogP) is 4.69. The van der Waals surface area contributed by atoms with Gasteiger partial charge in [0.2, 0.25) is 5.13 Å². The van der Waals surface area contributed by atoms with Crippen molar-refractivity contribution in [3.63, 3.8) is 0 Å². The number of hydrogen-bond acceptors (Lipinski definition) is 7. The number of nitrogens with one attached hydrogen (secondary N) is 1.